The fourth-order valence-electron chi connectivity index (χ4n) is 3.71. The van der Waals surface area contributed by atoms with Crippen LogP contribution in [0.5, 0.6) is 0 Å². The number of nitrogens with one attached hydrogen (secondary N) is 1. The van der Waals surface area contributed by atoms with E-state index in [1.807, 2.05) is 0 Å². The maximum Gasteiger partial charge on any atom is 0.0579 e. The Morgan fingerprint density at radius 3 is 2.65 bits per heavy atom. The van der Waals surface area contributed by atoms with Gasteiger partial charge in [-0.25, -0.2) is 0 Å². The summed E-state index contributed by atoms with van der Waals surface area (Å²) in [5.41, 5.74) is 0. The lowest BCUT2D eigenvalue weighted by Gasteiger charge is -2.38. The third kappa shape index (κ3) is 3.45. The molecule has 0 aromatic rings. The topological polar surface area (TPSA) is 21.3 Å². The molecule has 1 saturated carbocycles. The highest BCUT2D eigenvalue weighted by atomic mass is 16.5. The molecule has 2 fully saturated rings. The third-order valence-electron chi connectivity index (χ3n) is 4.93. The van der Waals surface area contributed by atoms with E-state index < -0.39 is 0 Å². The molecule has 1 saturated heterocycles. The lowest BCUT2D eigenvalue weighted by molar-refractivity contribution is 0.0632. The van der Waals surface area contributed by atoms with Crippen LogP contribution in [-0.2, 0) is 4.74 Å². The summed E-state index contributed by atoms with van der Waals surface area (Å²) in [4.78, 5) is 0. The van der Waals surface area contributed by atoms with Crippen LogP contribution < -0.4 is 5.32 Å². The summed E-state index contributed by atoms with van der Waals surface area (Å²) in [6.45, 7) is 5.76. The molecule has 0 spiro atoms. The fourth-order valence-corrected chi connectivity index (χ4v) is 3.71. The first-order valence-corrected chi connectivity index (χ1v) is 7.49. The van der Waals surface area contributed by atoms with Crippen LogP contribution in [0.25, 0.3) is 0 Å². The van der Waals surface area contributed by atoms with Gasteiger partial charge in [0.05, 0.1) is 6.10 Å². The SMILES string of the molecule is CNC1CCC(C(C)C)CC1CC1CCCO1. The lowest BCUT2D eigenvalue weighted by atomic mass is 9.72. The molecule has 4 atom stereocenters. The Kier molecular flexibility index (Phi) is 4.87. The number of hydrogen-bond donors (Lipinski definition) is 1. The van der Waals surface area contributed by atoms with Crippen molar-refractivity contribution in [3.8, 4) is 0 Å². The first-order chi connectivity index (χ1) is 8.20. The molecule has 2 nitrogen and oxygen atoms in total. The van der Waals surface area contributed by atoms with Crippen LogP contribution in [-0.4, -0.2) is 25.8 Å². The van der Waals surface area contributed by atoms with E-state index in [-0.39, 0.29) is 0 Å². The molecular weight excluding hydrogens is 210 g/mol. The summed E-state index contributed by atoms with van der Waals surface area (Å²) >= 11 is 0. The zero-order chi connectivity index (χ0) is 12.3. The summed E-state index contributed by atoms with van der Waals surface area (Å²) in [7, 11) is 2.13. The second-order valence-electron chi connectivity index (χ2n) is 6.34. The van der Waals surface area contributed by atoms with Gasteiger partial charge in [-0.1, -0.05) is 13.8 Å². The molecule has 1 aliphatic heterocycles. The molecule has 0 aromatic carbocycles. The molecule has 1 N–H and O–H groups in total. The fraction of sp³-hybridized carbons (Fsp3) is 1.00. The average Bonchev–Trinajstić information content (AvgIpc) is 2.81. The Bertz CT molecular complexity index is 221. The van der Waals surface area contributed by atoms with E-state index in [0.29, 0.717) is 6.10 Å². The molecule has 0 aromatic heterocycles. The van der Waals surface area contributed by atoms with Gasteiger partial charge in [0.15, 0.2) is 0 Å². The molecular formula is C15H29NO. The smallest absolute Gasteiger partial charge is 0.0579 e. The predicted molar refractivity (Wildman–Crippen MR) is 72.1 cm³/mol. The second-order valence-corrected chi connectivity index (χ2v) is 6.34. The van der Waals surface area contributed by atoms with Gasteiger partial charge < -0.3 is 10.1 Å². The van der Waals surface area contributed by atoms with Crippen LogP contribution in [0.15, 0.2) is 0 Å². The van der Waals surface area contributed by atoms with Gasteiger partial charge in [0, 0.05) is 12.6 Å². The lowest BCUT2D eigenvalue weighted by Crippen LogP contribution is -2.41. The van der Waals surface area contributed by atoms with Crippen molar-refractivity contribution in [2.75, 3.05) is 13.7 Å². The van der Waals surface area contributed by atoms with Gasteiger partial charge in [0.1, 0.15) is 0 Å². The first-order valence-electron chi connectivity index (χ1n) is 7.49. The summed E-state index contributed by atoms with van der Waals surface area (Å²) < 4.78 is 5.82. The van der Waals surface area contributed by atoms with E-state index in [9.17, 15) is 0 Å². The van der Waals surface area contributed by atoms with Crippen molar-refractivity contribution >= 4 is 0 Å². The Morgan fingerprint density at radius 1 is 1.24 bits per heavy atom. The Morgan fingerprint density at radius 2 is 2.06 bits per heavy atom. The molecule has 2 heteroatoms. The van der Waals surface area contributed by atoms with Gasteiger partial charge in [0.25, 0.3) is 0 Å². The molecule has 1 aliphatic carbocycles. The van der Waals surface area contributed by atoms with Crippen molar-refractivity contribution in [2.24, 2.45) is 17.8 Å². The van der Waals surface area contributed by atoms with Crippen LogP contribution in [0.3, 0.4) is 0 Å². The molecule has 0 radical (unpaired) electrons. The van der Waals surface area contributed by atoms with Gasteiger partial charge in [-0.3, -0.25) is 0 Å². The summed E-state index contributed by atoms with van der Waals surface area (Å²) in [6.07, 6.45) is 8.58. The molecule has 2 rings (SSSR count). The average molecular weight is 239 g/mol. The van der Waals surface area contributed by atoms with E-state index in [2.05, 4.69) is 26.2 Å². The molecule has 1 heterocycles. The zero-order valence-electron chi connectivity index (χ0n) is 11.7. The van der Waals surface area contributed by atoms with Crippen LogP contribution in [0, 0.1) is 17.8 Å². The third-order valence-corrected chi connectivity index (χ3v) is 4.93. The van der Waals surface area contributed by atoms with Gasteiger partial charge in [-0.05, 0) is 63.3 Å². The van der Waals surface area contributed by atoms with Gasteiger partial charge in [0.2, 0.25) is 0 Å². The standard InChI is InChI=1S/C15H29NO/c1-11(2)12-6-7-15(16-3)13(9-12)10-14-5-4-8-17-14/h11-16H,4-10H2,1-3H3. The number of ether oxygens (including phenoxy) is 1. The van der Waals surface area contributed by atoms with Crippen molar-refractivity contribution in [3.05, 3.63) is 0 Å². The van der Waals surface area contributed by atoms with Gasteiger partial charge in [-0.15, -0.1) is 0 Å². The Labute approximate surface area is 107 Å². The van der Waals surface area contributed by atoms with E-state index in [4.69, 9.17) is 4.74 Å². The highest BCUT2D eigenvalue weighted by Crippen LogP contribution is 2.37. The van der Waals surface area contributed by atoms with Crippen LogP contribution in [0.4, 0.5) is 0 Å². The second kappa shape index (κ2) is 6.19. The van der Waals surface area contributed by atoms with Crippen LogP contribution in [0.1, 0.15) is 52.4 Å². The minimum atomic E-state index is 0.557. The maximum absolute atomic E-state index is 5.82. The van der Waals surface area contributed by atoms with Gasteiger partial charge in [-0.2, -0.15) is 0 Å². The number of rotatable bonds is 4. The summed E-state index contributed by atoms with van der Waals surface area (Å²) in [6, 6.07) is 0.731. The normalized spacial score (nSPS) is 38.8. The van der Waals surface area contributed by atoms with Crippen molar-refractivity contribution in [1.82, 2.24) is 5.32 Å². The monoisotopic (exact) mass is 239 g/mol. The molecule has 0 amide bonds. The molecule has 2 aliphatic rings. The zero-order valence-corrected chi connectivity index (χ0v) is 11.7. The van der Waals surface area contributed by atoms with Gasteiger partial charge >= 0.3 is 0 Å². The quantitative estimate of drug-likeness (QED) is 0.813. The van der Waals surface area contributed by atoms with E-state index >= 15 is 0 Å². The Balaban J connectivity index is 1.89. The molecule has 0 bridgehead atoms. The van der Waals surface area contributed by atoms with E-state index in [1.54, 1.807) is 0 Å². The summed E-state index contributed by atoms with van der Waals surface area (Å²) in [5.74, 6) is 2.62. The molecule has 4 unspecified atom stereocenters. The van der Waals surface area contributed by atoms with Crippen LogP contribution >= 0.6 is 0 Å². The van der Waals surface area contributed by atoms with Crippen LogP contribution in [0.2, 0.25) is 0 Å². The molecule has 17 heavy (non-hydrogen) atoms. The summed E-state index contributed by atoms with van der Waals surface area (Å²) in [5, 5.41) is 3.53. The van der Waals surface area contributed by atoms with Crippen molar-refractivity contribution in [1.29, 1.82) is 0 Å². The minimum Gasteiger partial charge on any atom is -0.378 e. The minimum absolute atomic E-state index is 0.557. The Hall–Kier alpha value is -0.0800. The maximum atomic E-state index is 5.82. The van der Waals surface area contributed by atoms with Crippen molar-refractivity contribution < 1.29 is 4.74 Å². The van der Waals surface area contributed by atoms with Crippen molar-refractivity contribution in [3.63, 3.8) is 0 Å². The predicted octanol–water partition coefficient (Wildman–Crippen LogP) is 3.22. The number of hydrogen-bond acceptors (Lipinski definition) is 2. The molecule has 100 valence electrons. The van der Waals surface area contributed by atoms with Crippen molar-refractivity contribution in [2.45, 2.75) is 64.5 Å². The highest BCUT2D eigenvalue weighted by Gasteiger charge is 2.33. The van der Waals surface area contributed by atoms with E-state index in [1.165, 1.54) is 38.5 Å². The largest absolute Gasteiger partial charge is 0.378 e. The van der Waals surface area contributed by atoms with E-state index in [0.717, 1.165) is 30.4 Å². The first kappa shape index (κ1) is 13.4. The highest BCUT2D eigenvalue weighted by molar-refractivity contribution is 4.87.